The van der Waals surface area contributed by atoms with Crippen LogP contribution in [0.5, 0.6) is 0 Å². The second-order valence-corrected chi connectivity index (χ2v) is 9.99. The van der Waals surface area contributed by atoms with Gasteiger partial charge in [-0.15, -0.1) is 0 Å². The number of amides is 1. The van der Waals surface area contributed by atoms with E-state index in [2.05, 4.69) is 25.0 Å². The number of nitrogens with one attached hydrogen (secondary N) is 1. The summed E-state index contributed by atoms with van der Waals surface area (Å²) in [6.45, 7) is 9.81. The van der Waals surface area contributed by atoms with Crippen molar-refractivity contribution in [3.63, 3.8) is 0 Å². The fourth-order valence-corrected chi connectivity index (χ4v) is 2.21. The first-order valence-corrected chi connectivity index (χ1v) is 8.43. The van der Waals surface area contributed by atoms with Crippen LogP contribution in [0.1, 0.15) is 19.8 Å². The van der Waals surface area contributed by atoms with Gasteiger partial charge in [-0.3, -0.25) is 4.79 Å². The van der Waals surface area contributed by atoms with E-state index < -0.39 is 8.07 Å². The number of carbonyl (C=O) groups is 1. The maximum absolute atomic E-state index is 10.8. The highest BCUT2D eigenvalue weighted by molar-refractivity contribution is 6.76. The van der Waals surface area contributed by atoms with Crippen LogP contribution in [-0.4, -0.2) is 20.5 Å². The third-order valence-electron chi connectivity index (χ3n) is 1.75. The van der Waals surface area contributed by atoms with E-state index in [0.717, 1.165) is 13.0 Å². The Morgan fingerprint density at radius 1 is 1.33 bits per heavy atom. The average molecular weight is 187 g/mol. The van der Waals surface area contributed by atoms with Crippen LogP contribution in [0.3, 0.4) is 0 Å². The van der Waals surface area contributed by atoms with E-state index >= 15 is 0 Å². The van der Waals surface area contributed by atoms with E-state index in [1.165, 1.54) is 6.04 Å². The molecule has 3 heteroatoms. The van der Waals surface area contributed by atoms with E-state index in [4.69, 9.17) is 0 Å². The van der Waals surface area contributed by atoms with Crippen LogP contribution in [0.2, 0.25) is 25.7 Å². The van der Waals surface area contributed by atoms with Crippen molar-refractivity contribution in [1.29, 1.82) is 0 Å². The van der Waals surface area contributed by atoms with Crippen LogP contribution in [-0.2, 0) is 4.79 Å². The molecule has 12 heavy (non-hydrogen) atoms. The summed E-state index contributed by atoms with van der Waals surface area (Å²) in [6.07, 6.45) is 1.74. The molecule has 0 rings (SSSR count). The molecule has 0 aromatic rings. The second-order valence-electron chi connectivity index (χ2n) is 4.37. The van der Waals surface area contributed by atoms with Crippen molar-refractivity contribution in [3.8, 4) is 0 Å². The molecule has 0 fully saturated rings. The predicted molar refractivity (Wildman–Crippen MR) is 56.1 cm³/mol. The summed E-state index contributed by atoms with van der Waals surface area (Å²) in [4.78, 5) is 10.8. The Kier molecular flexibility index (Phi) is 5.21. The Labute approximate surface area is 76.8 Å². The molecular weight excluding hydrogens is 166 g/mol. The molecule has 0 atom stereocenters. The molecule has 0 radical (unpaired) electrons. The molecule has 1 amide bonds. The standard InChI is InChI=1S/C9H21NOSi/c1-5-9(11)10-7-6-8-12(2,3)4/h5-8H2,1-4H3,(H,10,11). The van der Waals surface area contributed by atoms with Crippen LogP contribution < -0.4 is 5.32 Å². The van der Waals surface area contributed by atoms with Crippen molar-refractivity contribution in [2.24, 2.45) is 0 Å². The molecule has 0 saturated carbocycles. The first-order chi connectivity index (χ1) is 5.45. The highest BCUT2D eigenvalue weighted by atomic mass is 28.3. The molecule has 0 bridgehead atoms. The van der Waals surface area contributed by atoms with Crippen LogP contribution in [0.25, 0.3) is 0 Å². The highest BCUT2D eigenvalue weighted by Gasteiger charge is 2.11. The van der Waals surface area contributed by atoms with Gasteiger partial charge in [0.05, 0.1) is 0 Å². The Hall–Kier alpha value is -0.313. The zero-order chi connectivity index (χ0) is 9.61. The summed E-state index contributed by atoms with van der Waals surface area (Å²) >= 11 is 0. The molecule has 72 valence electrons. The lowest BCUT2D eigenvalue weighted by Gasteiger charge is -2.15. The van der Waals surface area contributed by atoms with Gasteiger partial charge < -0.3 is 5.32 Å². The number of carbonyl (C=O) groups excluding carboxylic acids is 1. The maximum atomic E-state index is 10.8. The van der Waals surface area contributed by atoms with Crippen molar-refractivity contribution in [2.45, 2.75) is 45.5 Å². The summed E-state index contributed by atoms with van der Waals surface area (Å²) in [5.41, 5.74) is 0. The minimum atomic E-state index is -0.891. The van der Waals surface area contributed by atoms with Gasteiger partial charge in [-0.2, -0.15) is 0 Å². The number of hydrogen-bond donors (Lipinski definition) is 1. The minimum absolute atomic E-state index is 0.172. The third-order valence-corrected chi connectivity index (χ3v) is 3.60. The Bertz CT molecular complexity index is 140. The monoisotopic (exact) mass is 187 g/mol. The average Bonchev–Trinajstić information content (AvgIpc) is 1.96. The summed E-state index contributed by atoms with van der Waals surface area (Å²) in [6, 6.07) is 1.30. The summed E-state index contributed by atoms with van der Waals surface area (Å²) in [5.74, 6) is 0.172. The van der Waals surface area contributed by atoms with E-state index in [-0.39, 0.29) is 5.91 Å². The third kappa shape index (κ3) is 7.79. The first kappa shape index (κ1) is 11.7. The van der Waals surface area contributed by atoms with Crippen LogP contribution in [0.15, 0.2) is 0 Å². The van der Waals surface area contributed by atoms with E-state index in [1.807, 2.05) is 6.92 Å². The Morgan fingerprint density at radius 3 is 2.33 bits per heavy atom. The molecule has 0 saturated heterocycles. The normalized spacial score (nSPS) is 11.3. The zero-order valence-corrected chi connectivity index (χ0v) is 9.74. The minimum Gasteiger partial charge on any atom is -0.356 e. The topological polar surface area (TPSA) is 29.1 Å². The molecule has 0 heterocycles. The molecule has 0 aliphatic carbocycles. The molecule has 1 N–H and O–H groups in total. The SMILES string of the molecule is CCC(=O)NCCC[Si](C)(C)C. The molecule has 0 unspecified atom stereocenters. The molecule has 2 nitrogen and oxygen atoms in total. The summed E-state index contributed by atoms with van der Waals surface area (Å²) < 4.78 is 0. The number of hydrogen-bond acceptors (Lipinski definition) is 1. The van der Waals surface area contributed by atoms with E-state index in [0.29, 0.717) is 6.42 Å². The van der Waals surface area contributed by atoms with E-state index in [9.17, 15) is 4.79 Å². The van der Waals surface area contributed by atoms with Crippen molar-refractivity contribution in [2.75, 3.05) is 6.54 Å². The van der Waals surface area contributed by atoms with Crippen molar-refractivity contribution in [1.82, 2.24) is 5.32 Å². The fraction of sp³-hybridized carbons (Fsp3) is 0.889. The summed E-state index contributed by atoms with van der Waals surface area (Å²) in [5, 5.41) is 2.89. The van der Waals surface area contributed by atoms with Gasteiger partial charge >= 0.3 is 0 Å². The Balaban J connectivity index is 3.28. The van der Waals surface area contributed by atoms with Gasteiger partial charge in [0, 0.05) is 21.0 Å². The lowest BCUT2D eigenvalue weighted by atomic mass is 10.4. The molecule has 0 aromatic heterocycles. The van der Waals surface area contributed by atoms with Gasteiger partial charge in [0.1, 0.15) is 0 Å². The number of rotatable bonds is 5. The zero-order valence-electron chi connectivity index (χ0n) is 8.74. The molecule has 0 aromatic carbocycles. The molecule has 0 aliphatic heterocycles. The van der Waals surface area contributed by atoms with E-state index in [1.54, 1.807) is 0 Å². The van der Waals surface area contributed by atoms with Gasteiger partial charge in [0.15, 0.2) is 0 Å². The quantitative estimate of drug-likeness (QED) is 0.519. The molecule has 0 spiro atoms. The fourth-order valence-electron chi connectivity index (χ4n) is 0.972. The van der Waals surface area contributed by atoms with Crippen LogP contribution in [0.4, 0.5) is 0 Å². The first-order valence-electron chi connectivity index (χ1n) is 4.72. The lowest BCUT2D eigenvalue weighted by Crippen LogP contribution is -2.26. The summed E-state index contributed by atoms with van der Waals surface area (Å²) in [7, 11) is -0.891. The predicted octanol–water partition coefficient (Wildman–Crippen LogP) is 2.24. The van der Waals surface area contributed by atoms with Gasteiger partial charge in [0.25, 0.3) is 0 Å². The van der Waals surface area contributed by atoms with Gasteiger partial charge in [-0.05, 0) is 6.42 Å². The highest BCUT2D eigenvalue weighted by Crippen LogP contribution is 2.09. The van der Waals surface area contributed by atoms with Crippen molar-refractivity contribution < 1.29 is 4.79 Å². The van der Waals surface area contributed by atoms with Crippen LogP contribution in [0, 0.1) is 0 Å². The maximum Gasteiger partial charge on any atom is 0.219 e. The van der Waals surface area contributed by atoms with Crippen molar-refractivity contribution >= 4 is 14.0 Å². The van der Waals surface area contributed by atoms with Gasteiger partial charge in [-0.25, -0.2) is 0 Å². The molecular formula is C9H21NOSi. The van der Waals surface area contributed by atoms with Crippen molar-refractivity contribution in [3.05, 3.63) is 0 Å². The largest absolute Gasteiger partial charge is 0.356 e. The lowest BCUT2D eigenvalue weighted by molar-refractivity contribution is -0.120. The second kappa shape index (κ2) is 5.35. The van der Waals surface area contributed by atoms with Crippen LogP contribution >= 0.6 is 0 Å². The smallest absolute Gasteiger partial charge is 0.219 e. The Morgan fingerprint density at radius 2 is 1.92 bits per heavy atom. The van der Waals surface area contributed by atoms with Gasteiger partial charge in [-0.1, -0.05) is 32.6 Å². The molecule has 0 aliphatic rings. The van der Waals surface area contributed by atoms with Gasteiger partial charge in [0.2, 0.25) is 5.91 Å².